The summed E-state index contributed by atoms with van der Waals surface area (Å²) in [5.74, 6) is 0. The molecule has 1 aliphatic carbocycles. The molecule has 0 spiro atoms. The van der Waals surface area contributed by atoms with E-state index in [-0.39, 0.29) is 5.60 Å². The van der Waals surface area contributed by atoms with Crippen LogP contribution in [0.5, 0.6) is 0 Å². The van der Waals surface area contributed by atoms with E-state index in [9.17, 15) is 0 Å². The van der Waals surface area contributed by atoms with E-state index in [2.05, 4.69) is 42.6 Å². The molecule has 0 unspecified atom stereocenters. The van der Waals surface area contributed by atoms with Gasteiger partial charge in [0.15, 0.2) is 0 Å². The van der Waals surface area contributed by atoms with Crippen molar-refractivity contribution in [2.24, 2.45) is 0 Å². The molecule has 1 N–H and O–H groups in total. The fraction of sp³-hybridized carbons (Fsp3) is 0.684. The molecule has 1 saturated carbocycles. The van der Waals surface area contributed by atoms with Gasteiger partial charge in [-0.3, -0.25) is 0 Å². The average Bonchev–Trinajstić information content (AvgIpc) is 2.98. The number of rotatable bonds is 5. The zero-order valence-corrected chi connectivity index (χ0v) is 13.9. The first-order chi connectivity index (χ1) is 10.7. The molecule has 22 heavy (non-hydrogen) atoms. The van der Waals surface area contributed by atoms with E-state index < -0.39 is 0 Å². The molecule has 0 amide bonds. The summed E-state index contributed by atoms with van der Waals surface area (Å²) in [6.45, 7) is 5.00. The predicted octanol–water partition coefficient (Wildman–Crippen LogP) is 3.28. The van der Waals surface area contributed by atoms with Gasteiger partial charge in [-0.2, -0.15) is 0 Å². The molecule has 0 bridgehead atoms. The van der Waals surface area contributed by atoms with Gasteiger partial charge in [-0.05, 0) is 30.2 Å². The third-order valence-electron chi connectivity index (χ3n) is 5.76. The van der Waals surface area contributed by atoms with Gasteiger partial charge in [0.2, 0.25) is 0 Å². The van der Waals surface area contributed by atoms with Crippen LogP contribution in [0.15, 0.2) is 30.3 Å². The Morgan fingerprint density at radius 3 is 2.59 bits per heavy atom. The lowest BCUT2D eigenvalue weighted by molar-refractivity contribution is -0.0886. The van der Waals surface area contributed by atoms with Gasteiger partial charge < -0.3 is 14.8 Å². The summed E-state index contributed by atoms with van der Waals surface area (Å²) in [4.78, 5) is 0. The van der Waals surface area contributed by atoms with Gasteiger partial charge in [0, 0.05) is 45.8 Å². The van der Waals surface area contributed by atoms with E-state index in [1.807, 2.05) is 7.11 Å². The maximum Gasteiger partial charge on any atom is 0.0846 e. The number of hydrogen-bond donors (Lipinski definition) is 1. The monoisotopic (exact) mass is 303 g/mol. The molecule has 0 aromatic heterocycles. The number of hydrogen-bond acceptors (Lipinski definition) is 3. The molecule has 0 radical (unpaired) electrons. The molecular weight excluding hydrogens is 274 g/mol. The van der Waals surface area contributed by atoms with Crippen molar-refractivity contribution in [1.82, 2.24) is 5.32 Å². The first-order valence-corrected chi connectivity index (χ1v) is 8.58. The fourth-order valence-electron chi connectivity index (χ4n) is 4.04. The SMILES string of the molecule is COC1(CN[C@@H]2CC[C@](C)(c3ccccc3)C2)CCOCC1. The Kier molecular flexibility index (Phi) is 4.86. The number of nitrogens with one attached hydrogen (secondary N) is 1. The lowest BCUT2D eigenvalue weighted by Crippen LogP contribution is -2.49. The van der Waals surface area contributed by atoms with Crippen molar-refractivity contribution in [3.8, 4) is 0 Å². The van der Waals surface area contributed by atoms with Crippen LogP contribution in [0.2, 0.25) is 0 Å². The zero-order chi connectivity index (χ0) is 15.5. The topological polar surface area (TPSA) is 30.5 Å². The van der Waals surface area contributed by atoms with E-state index >= 15 is 0 Å². The summed E-state index contributed by atoms with van der Waals surface area (Å²) in [5, 5.41) is 3.79. The Morgan fingerprint density at radius 2 is 1.91 bits per heavy atom. The largest absolute Gasteiger partial charge is 0.381 e. The minimum Gasteiger partial charge on any atom is -0.381 e. The molecule has 1 aliphatic heterocycles. The van der Waals surface area contributed by atoms with Crippen molar-refractivity contribution < 1.29 is 9.47 Å². The molecule has 2 atom stereocenters. The van der Waals surface area contributed by atoms with Crippen LogP contribution in [0, 0.1) is 0 Å². The van der Waals surface area contributed by atoms with E-state index in [0.717, 1.165) is 32.6 Å². The lowest BCUT2D eigenvalue weighted by atomic mass is 9.81. The van der Waals surface area contributed by atoms with Gasteiger partial charge in [-0.15, -0.1) is 0 Å². The molecule has 1 heterocycles. The molecule has 1 aromatic rings. The fourth-order valence-corrected chi connectivity index (χ4v) is 4.04. The Balaban J connectivity index is 1.57. The smallest absolute Gasteiger partial charge is 0.0846 e. The molecule has 1 saturated heterocycles. The van der Waals surface area contributed by atoms with E-state index in [1.54, 1.807) is 0 Å². The predicted molar refractivity (Wildman–Crippen MR) is 89.2 cm³/mol. The molecule has 122 valence electrons. The van der Waals surface area contributed by atoms with Gasteiger partial charge in [0.1, 0.15) is 0 Å². The highest BCUT2D eigenvalue weighted by molar-refractivity contribution is 5.26. The Labute approximate surface area is 134 Å². The van der Waals surface area contributed by atoms with E-state index in [0.29, 0.717) is 11.5 Å². The minimum absolute atomic E-state index is 0.0238. The van der Waals surface area contributed by atoms with Crippen LogP contribution < -0.4 is 5.32 Å². The van der Waals surface area contributed by atoms with Gasteiger partial charge >= 0.3 is 0 Å². The Morgan fingerprint density at radius 1 is 1.18 bits per heavy atom. The second-order valence-electron chi connectivity index (χ2n) is 7.25. The number of benzene rings is 1. The zero-order valence-electron chi connectivity index (χ0n) is 13.9. The highest BCUT2D eigenvalue weighted by Gasteiger charge is 2.38. The second-order valence-corrected chi connectivity index (χ2v) is 7.25. The summed E-state index contributed by atoms with van der Waals surface area (Å²) in [7, 11) is 1.84. The van der Waals surface area contributed by atoms with Gasteiger partial charge in [0.05, 0.1) is 5.60 Å². The quantitative estimate of drug-likeness (QED) is 0.905. The Bertz CT molecular complexity index is 470. The van der Waals surface area contributed by atoms with Crippen LogP contribution in [0.25, 0.3) is 0 Å². The van der Waals surface area contributed by atoms with Crippen molar-refractivity contribution in [3.05, 3.63) is 35.9 Å². The van der Waals surface area contributed by atoms with Crippen LogP contribution in [0.1, 0.15) is 44.6 Å². The molecule has 3 nitrogen and oxygen atoms in total. The molecule has 2 aliphatic rings. The number of methoxy groups -OCH3 is 1. The standard InChI is InChI=1S/C19H29NO2/c1-18(16-6-4-3-5-7-16)9-8-17(14-18)20-15-19(21-2)10-12-22-13-11-19/h3-7,17,20H,8-15H2,1-2H3/t17-,18+/m1/s1. The van der Waals surface area contributed by atoms with E-state index in [1.165, 1.54) is 24.8 Å². The highest BCUT2D eigenvalue weighted by atomic mass is 16.5. The van der Waals surface area contributed by atoms with Crippen LogP contribution >= 0.6 is 0 Å². The van der Waals surface area contributed by atoms with Gasteiger partial charge in [0.25, 0.3) is 0 Å². The first-order valence-electron chi connectivity index (χ1n) is 8.58. The van der Waals surface area contributed by atoms with E-state index in [4.69, 9.17) is 9.47 Å². The van der Waals surface area contributed by atoms with Crippen molar-refractivity contribution in [2.75, 3.05) is 26.9 Å². The van der Waals surface area contributed by atoms with Crippen molar-refractivity contribution >= 4 is 0 Å². The second kappa shape index (κ2) is 6.69. The van der Waals surface area contributed by atoms with Crippen LogP contribution in [0.3, 0.4) is 0 Å². The number of ether oxygens (including phenoxy) is 2. The third-order valence-corrected chi connectivity index (χ3v) is 5.76. The van der Waals surface area contributed by atoms with Crippen LogP contribution in [0.4, 0.5) is 0 Å². The highest BCUT2D eigenvalue weighted by Crippen LogP contribution is 2.40. The summed E-state index contributed by atoms with van der Waals surface area (Å²) < 4.78 is 11.3. The summed E-state index contributed by atoms with van der Waals surface area (Å²) in [6.07, 6.45) is 5.73. The van der Waals surface area contributed by atoms with Gasteiger partial charge in [-0.1, -0.05) is 37.3 Å². The molecule has 3 heteroatoms. The first kappa shape index (κ1) is 16.0. The summed E-state index contributed by atoms with van der Waals surface area (Å²) >= 11 is 0. The molecular formula is C19H29NO2. The molecule has 1 aromatic carbocycles. The summed E-state index contributed by atoms with van der Waals surface area (Å²) in [6, 6.07) is 11.6. The third kappa shape index (κ3) is 3.37. The van der Waals surface area contributed by atoms with Gasteiger partial charge in [-0.25, -0.2) is 0 Å². The van der Waals surface area contributed by atoms with Crippen molar-refractivity contribution in [2.45, 2.75) is 56.1 Å². The minimum atomic E-state index is -0.0238. The van der Waals surface area contributed by atoms with Crippen LogP contribution in [-0.4, -0.2) is 38.5 Å². The summed E-state index contributed by atoms with van der Waals surface area (Å²) in [5.41, 5.74) is 1.77. The van der Waals surface area contributed by atoms with Crippen molar-refractivity contribution in [3.63, 3.8) is 0 Å². The lowest BCUT2D eigenvalue weighted by Gasteiger charge is -2.37. The normalized spacial score (nSPS) is 31.3. The maximum atomic E-state index is 5.83. The van der Waals surface area contributed by atoms with Crippen molar-refractivity contribution in [1.29, 1.82) is 0 Å². The maximum absolute atomic E-state index is 5.83. The molecule has 3 rings (SSSR count). The Hall–Kier alpha value is -0.900. The average molecular weight is 303 g/mol. The van der Waals surface area contributed by atoms with Crippen LogP contribution in [-0.2, 0) is 14.9 Å². The molecule has 2 fully saturated rings.